The molecule has 6 heteroatoms. The van der Waals surface area contributed by atoms with E-state index in [1.807, 2.05) is 0 Å². The van der Waals surface area contributed by atoms with Crippen molar-refractivity contribution in [3.05, 3.63) is 29.8 Å². The van der Waals surface area contributed by atoms with Crippen LogP contribution in [0.25, 0.3) is 0 Å². The van der Waals surface area contributed by atoms with Gasteiger partial charge >= 0.3 is 0 Å². The predicted molar refractivity (Wildman–Crippen MR) is 67.8 cm³/mol. The molecule has 0 radical (unpaired) electrons. The Kier molecular flexibility index (Phi) is 4.50. The van der Waals surface area contributed by atoms with Crippen molar-refractivity contribution in [2.75, 3.05) is 19.3 Å². The second-order valence-electron chi connectivity index (χ2n) is 4.13. The number of hydrogen-bond acceptors (Lipinski definition) is 4. The quantitative estimate of drug-likeness (QED) is 0.749. The fraction of sp³-hybridized carbons (Fsp3) is 0.455. The van der Waals surface area contributed by atoms with E-state index >= 15 is 0 Å². The monoisotopic (exact) mass is 258 g/mol. The number of aliphatic hydroxyl groups excluding tert-OH is 1. The Labute approximate surface area is 102 Å². The van der Waals surface area contributed by atoms with E-state index in [0.29, 0.717) is 11.3 Å². The first-order valence-electron chi connectivity index (χ1n) is 5.28. The van der Waals surface area contributed by atoms with E-state index in [-0.39, 0.29) is 12.3 Å². The van der Waals surface area contributed by atoms with Gasteiger partial charge in [0.2, 0.25) is 10.0 Å². The average molecular weight is 258 g/mol. The van der Waals surface area contributed by atoms with Gasteiger partial charge < -0.3 is 10.8 Å². The van der Waals surface area contributed by atoms with Gasteiger partial charge in [0.05, 0.1) is 11.9 Å². The Hall–Kier alpha value is -1.11. The fourth-order valence-corrected chi connectivity index (χ4v) is 2.70. The molecule has 0 saturated heterocycles. The molecule has 0 aliphatic heterocycles. The molecule has 1 rings (SSSR count). The number of hydrogen-bond donors (Lipinski definition) is 2. The SMILES string of the molecule is CC(O)CN(C)S(=O)(=O)Cc1ccc(N)cc1. The maximum absolute atomic E-state index is 11.9. The molecule has 1 aromatic rings. The van der Waals surface area contributed by atoms with Crippen LogP contribution in [0.4, 0.5) is 5.69 Å². The topological polar surface area (TPSA) is 83.6 Å². The summed E-state index contributed by atoms with van der Waals surface area (Å²) in [6.07, 6.45) is -0.679. The molecule has 1 aromatic carbocycles. The highest BCUT2D eigenvalue weighted by Gasteiger charge is 2.19. The summed E-state index contributed by atoms with van der Waals surface area (Å²) in [5, 5.41) is 9.17. The number of anilines is 1. The summed E-state index contributed by atoms with van der Waals surface area (Å²) < 4.78 is 25.0. The van der Waals surface area contributed by atoms with Gasteiger partial charge in [-0.3, -0.25) is 0 Å². The zero-order chi connectivity index (χ0) is 13.1. The lowest BCUT2D eigenvalue weighted by atomic mass is 10.2. The van der Waals surface area contributed by atoms with Gasteiger partial charge in [-0.25, -0.2) is 12.7 Å². The number of nitrogens with two attached hydrogens (primary N) is 1. The van der Waals surface area contributed by atoms with Gasteiger partial charge in [-0.1, -0.05) is 12.1 Å². The number of sulfonamides is 1. The van der Waals surface area contributed by atoms with E-state index in [1.54, 1.807) is 31.2 Å². The molecule has 0 aliphatic carbocycles. The van der Waals surface area contributed by atoms with Crippen molar-refractivity contribution in [2.45, 2.75) is 18.8 Å². The molecule has 0 fully saturated rings. The van der Waals surface area contributed by atoms with Crippen LogP contribution in [0.5, 0.6) is 0 Å². The second-order valence-corrected chi connectivity index (χ2v) is 6.20. The lowest BCUT2D eigenvalue weighted by Gasteiger charge is -2.18. The Balaban J connectivity index is 2.76. The minimum atomic E-state index is -3.39. The fourth-order valence-electron chi connectivity index (χ4n) is 1.42. The van der Waals surface area contributed by atoms with Crippen LogP contribution in [0.3, 0.4) is 0 Å². The highest BCUT2D eigenvalue weighted by Crippen LogP contribution is 2.12. The van der Waals surface area contributed by atoms with Crippen molar-refractivity contribution in [3.8, 4) is 0 Å². The lowest BCUT2D eigenvalue weighted by Crippen LogP contribution is -2.33. The third-order valence-corrected chi connectivity index (χ3v) is 4.12. The summed E-state index contributed by atoms with van der Waals surface area (Å²) in [5.41, 5.74) is 6.80. The van der Waals surface area contributed by atoms with E-state index in [4.69, 9.17) is 10.8 Å². The number of aliphatic hydroxyl groups is 1. The maximum Gasteiger partial charge on any atom is 0.218 e. The first-order chi connectivity index (χ1) is 7.81. The number of rotatable bonds is 5. The van der Waals surface area contributed by atoms with E-state index in [9.17, 15) is 8.42 Å². The van der Waals surface area contributed by atoms with E-state index < -0.39 is 16.1 Å². The molecular weight excluding hydrogens is 240 g/mol. The zero-order valence-electron chi connectivity index (χ0n) is 10.00. The zero-order valence-corrected chi connectivity index (χ0v) is 10.8. The number of nitrogen functional groups attached to an aromatic ring is 1. The summed E-state index contributed by atoms with van der Waals surface area (Å²) in [7, 11) is -1.93. The average Bonchev–Trinajstić information content (AvgIpc) is 2.20. The normalized spacial score (nSPS) is 13.9. The number of benzene rings is 1. The van der Waals surface area contributed by atoms with Gasteiger partial charge in [0.15, 0.2) is 0 Å². The van der Waals surface area contributed by atoms with E-state index in [2.05, 4.69) is 0 Å². The number of likely N-dealkylation sites (N-methyl/N-ethyl adjacent to an activating group) is 1. The van der Waals surface area contributed by atoms with Crippen LogP contribution in [-0.2, 0) is 15.8 Å². The Morgan fingerprint density at radius 1 is 1.35 bits per heavy atom. The molecule has 0 amide bonds. The molecule has 96 valence electrons. The van der Waals surface area contributed by atoms with E-state index in [1.165, 1.54) is 7.05 Å². The van der Waals surface area contributed by atoms with Crippen molar-refractivity contribution in [1.29, 1.82) is 0 Å². The molecular formula is C11H18N2O3S. The van der Waals surface area contributed by atoms with Crippen molar-refractivity contribution in [3.63, 3.8) is 0 Å². The first-order valence-corrected chi connectivity index (χ1v) is 6.88. The first kappa shape index (κ1) is 14.0. The van der Waals surface area contributed by atoms with Crippen LogP contribution in [0.2, 0.25) is 0 Å². The molecule has 5 nitrogen and oxygen atoms in total. The molecule has 0 aliphatic rings. The maximum atomic E-state index is 11.9. The van der Waals surface area contributed by atoms with Crippen LogP contribution in [0.1, 0.15) is 12.5 Å². The summed E-state index contributed by atoms with van der Waals surface area (Å²) in [4.78, 5) is 0. The van der Waals surface area contributed by atoms with Crippen molar-refractivity contribution in [1.82, 2.24) is 4.31 Å². The summed E-state index contributed by atoms with van der Waals surface area (Å²) in [5.74, 6) is -0.0868. The standard InChI is InChI=1S/C11H18N2O3S/c1-9(14)7-13(2)17(15,16)8-10-3-5-11(12)6-4-10/h3-6,9,14H,7-8,12H2,1-2H3. The van der Waals surface area contributed by atoms with Crippen LogP contribution in [-0.4, -0.2) is 37.5 Å². The molecule has 0 spiro atoms. The van der Waals surface area contributed by atoms with Crippen molar-refractivity contribution >= 4 is 15.7 Å². The summed E-state index contributed by atoms with van der Waals surface area (Å²) in [6, 6.07) is 6.70. The van der Waals surface area contributed by atoms with Gasteiger partial charge in [0.1, 0.15) is 0 Å². The van der Waals surface area contributed by atoms with Crippen LogP contribution < -0.4 is 5.73 Å². The summed E-state index contributed by atoms with van der Waals surface area (Å²) in [6.45, 7) is 1.65. The molecule has 0 aromatic heterocycles. The van der Waals surface area contributed by atoms with Gasteiger partial charge in [0, 0.05) is 19.3 Å². The molecule has 3 N–H and O–H groups in total. The smallest absolute Gasteiger partial charge is 0.218 e. The van der Waals surface area contributed by atoms with Crippen LogP contribution >= 0.6 is 0 Å². The van der Waals surface area contributed by atoms with Crippen LogP contribution in [0.15, 0.2) is 24.3 Å². The van der Waals surface area contributed by atoms with E-state index in [0.717, 1.165) is 4.31 Å². The van der Waals surface area contributed by atoms with Gasteiger partial charge in [-0.15, -0.1) is 0 Å². The molecule has 1 unspecified atom stereocenters. The van der Waals surface area contributed by atoms with Crippen molar-refractivity contribution < 1.29 is 13.5 Å². The highest BCUT2D eigenvalue weighted by atomic mass is 32.2. The predicted octanol–water partition coefficient (Wildman–Crippen LogP) is 0.411. The third-order valence-electron chi connectivity index (χ3n) is 2.32. The third kappa shape index (κ3) is 4.33. The summed E-state index contributed by atoms with van der Waals surface area (Å²) >= 11 is 0. The Morgan fingerprint density at radius 3 is 2.35 bits per heavy atom. The number of nitrogens with zero attached hydrogens (tertiary/aromatic N) is 1. The minimum absolute atomic E-state index is 0.0868. The minimum Gasteiger partial charge on any atom is -0.399 e. The van der Waals surface area contributed by atoms with Gasteiger partial charge in [-0.2, -0.15) is 0 Å². The lowest BCUT2D eigenvalue weighted by molar-refractivity contribution is 0.171. The highest BCUT2D eigenvalue weighted by molar-refractivity contribution is 7.88. The second kappa shape index (κ2) is 5.48. The van der Waals surface area contributed by atoms with Crippen molar-refractivity contribution in [2.24, 2.45) is 0 Å². The van der Waals surface area contributed by atoms with Gasteiger partial charge in [0.25, 0.3) is 0 Å². The molecule has 0 bridgehead atoms. The Morgan fingerprint density at radius 2 is 1.88 bits per heavy atom. The molecule has 1 atom stereocenters. The molecule has 17 heavy (non-hydrogen) atoms. The van der Waals surface area contributed by atoms with Gasteiger partial charge in [-0.05, 0) is 24.6 Å². The van der Waals surface area contributed by atoms with Crippen LogP contribution in [0, 0.1) is 0 Å². The molecule has 0 heterocycles. The molecule has 0 saturated carbocycles. The Bertz CT molecular complexity index is 454. The largest absolute Gasteiger partial charge is 0.399 e.